The summed E-state index contributed by atoms with van der Waals surface area (Å²) in [5.74, 6) is -0.492. The van der Waals surface area contributed by atoms with Crippen molar-refractivity contribution in [2.24, 2.45) is 5.10 Å². The third-order valence-electron chi connectivity index (χ3n) is 2.33. The molecule has 9 heteroatoms. The molecule has 0 radical (unpaired) electrons. The SMILES string of the molecule is CC(/C=C/c1ccc([N+](=O)[O-])o1)=N\N1CC(=O)NC1=O. The molecule has 1 aromatic heterocycles. The molecule has 0 aromatic carbocycles. The van der Waals surface area contributed by atoms with E-state index in [2.05, 4.69) is 10.4 Å². The van der Waals surface area contributed by atoms with E-state index in [0.717, 1.165) is 5.01 Å². The van der Waals surface area contributed by atoms with Gasteiger partial charge in [0, 0.05) is 0 Å². The minimum Gasteiger partial charge on any atom is -0.401 e. The van der Waals surface area contributed by atoms with Gasteiger partial charge in [0.2, 0.25) is 5.91 Å². The minimum absolute atomic E-state index is 0.129. The fourth-order valence-corrected chi connectivity index (χ4v) is 1.47. The molecule has 20 heavy (non-hydrogen) atoms. The Bertz CT molecular complexity index is 631. The second-order valence-corrected chi connectivity index (χ2v) is 3.92. The summed E-state index contributed by atoms with van der Waals surface area (Å²) in [4.78, 5) is 32.0. The lowest BCUT2D eigenvalue weighted by atomic mass is 10.3. The number of imide groups is 1. The third-order valence-corrected chi connectivity index (χ3v) is 2.33. The average Bonchev–Trinajstić information content (AvgIpc) is 2.94. The first-order chi connectivity index (χ1) is 9.45. The van der Waals surface area contributed by atoms with E-state index >= 15 is 0 Å². The van der Waals surface area contributed by atoms with E-state index in [9.17, 15) is 19.7 Å². The smallest absolute Gasteiger partial charge is 0.401 e. The molecule has 2 heterocycles. The number of hydrazone groups is 1. The number of amides is 3. The molecule has 2 rings (SSSR count). The quantitative estimate of drug-likeness (QED) is 0.383. The minimum atomic E-state index is -0.640. The van der Waals surface area contributed by atoms with Crippen molar-refractivity contribution in [3.05, 3.63) is 34.1 Å². The van der Waals surface area contributed by atoms with Gasteiger partial charge in [0.15, 0.2) is 0 Å². The molecule has 1 saturated heterocycles. The van der Waals surface area contributed by atoms with Gasteiger partial charge in [0.1, 0.15) is 17.2 Å². The van der Waals surface area contributed by atoms with Crippen LogP contribution in [0.15, 0.2) is 27.7 Å². The lowest BCUT2D eigenvalue weighted by Crippen LogP contribution is -2.24. The third kappa shape index (κ3) is 3.07. The zero-order valence-electron chi connectivity index (χ0n) is 10.4. The molecule has 0 aliphatic carbocycles. The normalized spacial score (nSPS) is 16.1. The van der Waals surface area contributed by atoms with Gasteiger partial charge in [-0.25, -0.2) is 9.80 Å². The number of carbonyl (C=O) groups is 2. The highest BCUT2D eigenvalue weighted by Gasteiger charge is 2.26. The number of urea groups is 1. The van der Waals surface area contributed by atoms with Gasteiger partial charge in [-0.05, 0) is 25.1 Å². The molecular formula is C11H10N4O5. The number of nitro groups is 1. The van der Waals surface area contributed by atoms with Crippen molar-refractivity contribution in [1.82, 2.24) is 10.3 Å². The molecule has 0 spiro atoms. The van der Waals surface area contributed by atoms with Gasteiger partial charge in [0.05, 0.1) is 11.8 Å². The van der Waals surface area contributed by atoms with Gasteiger partial charge in [-0.1, -0.05) is 0 Å². The summed E-state index contributed by atoms with van der Waals surface area (Å²) in [7, 11) is 0. The lowest BCUT2D eigenvalue weighted by Gasteiger charge is -2.05. The maximum absolute atomic E-state index is 11.2. The van der Waals surface area contributed by atoms with E-state index in [4.69, 9.17) is 4.42 Å². The number of hydrogen-bond acceptors (Lipinski definition) is 6. The molecule has 0 atom stereocenters. The second-order valence-electron chi connectivity index (χ2n) is 3.92. The van der Waals surface area contributed by atoms with Crippen LogP contribution in [-0.2, 0) is 4.79 Å². The Kier molecular flexibility index (Phi) is 3.60. The van der Waals surface area contributed by atoms with Crippen LogP contribution >= 0.6 is 0 Å². The predicted octanol–water partition coefficient (Wildman–Crippen LogP) is 1.13. The highest BCUT2D eigenvalue weighted by atomic mass is 16.6. The molecule has 0 unspecified atom stereocenters. The topological polar surface area (TPSA) is 118 Å². The number of nitrogens with zero attached hydrogens (tertiary/aromatic N) is 3. The van der Waals surface area contributed by atoms with Crippen LogP contribution in [-0.4, -0.2) is 34.1 Å². The molecule has 104 valence electrons. The highest BCUT2D eigenvalue weighted by Crippen LogP contribution is 2.16. The first-order valence-corrected chi connectivity index (χ1v) is 5.54. The van der Waals surface area contributed by atoms with Gasteiger partial charge in [-0.3, -0.25) is 20.2 Å². The fraction of sp³-hybridized carbons (Fsp3) is 0.182. The Labute approximate surface area is 112 Å². The molecule has 9 nitrogen and oxygen atoms in total. The van der Waals surface area contributed by atoms with Crippen molar-refractivity contribution in [3.8, 4) is 0 Å². The molecule has 0 saturated carbocycles. The summed E-state index contributed by atoms with van der Waals surface area (Å²) in [6.07, 6.45) is 2.99. The summed E-state index contributed by atoms with van der Waals surface area (Å²) in [5.41, 5.74) is 0.439. The van der Waals surface area contributed by atoms with E-state index in [-0.39, 0.29) is 18.2 Å². The van der Waals surface area contributed by atoms with Gasteiger partial charge >= 0.3 is 11.9 Å². The Morgan fingerprint density at radius 2 is 2.30 bits per heavy atom. The van der Waals surface area contributed by atoms with Crippen LogP contribution in [0.5, 0.6) is 0 Å². The van der Waals surface area contributed by atoms with Crippen molar-refractivity contribution < 1.29 is 18.9 Å². The van der Waals surface area contributed by atoms with Gasteiger partial charge in [-0.2, -0.15) is 5.10 Å². The number of allylic oxidation sites excluding steroid dienone is 1. The van der Waals surface area contributed by atoms with Crippen LogP contribution in [0.2, 0.25) is 0 Å². The average molecular weight is 278 g/mol. The van der Waals surface area contributed by atoms with Crippen molar-refractivity contribution in [1.29, 1.82) is 0 Å². The molecule has 1 aromatic rings. The Morgan fingerprint density at radius 1 is 1.55 bits per heavy atom. The van der Waals surface area contributed by atoms with Crippen molar-refractivity contribution >= 4 is 29.6 Å². The summed E-state index contributed by atoms with van der Waals surface area (Å²) in [6, 6.07) is 2.09. The summed E-state index contributed by atoms with van der Waals surface area (Å²) in [5, 5.41) is 17.4. The number of hydrogen-bond donors (Lipinski definition) is 1. The number of furan rings is 1. The van der Waals surface area contributed by atoms with E-state index in [1.807, 2.05) is 0 Å². The van der Waals surface area contributed by atoms with E-state index in [1.54, 1.807) is 6.92 Å². The van der Waals surface area contributed by atoms with Crippen molar-refractivity contribution in [2.75, 3.05) is 6.54 Å². The van der Waals surface area contributed by atoms with Gasteiger partial charge in [0.25, 0.3) is 0 Å². The zero-order chi connectivity index (χ0) is 14.7. The van der Waals surface area contributed by atoms with Crippen LogP contribution in [0.25, 0.3) is 6.08 Å². The van der Waals surface area contributed by atoms with Crippen LogP contribution < -0.4 is 5.32 Å². The van der Waals surface area contributed by atoms with Crippen molar-refractivity contribution in [3.63, 3.8) is 0 Å². The Morgan fingerprint density at radius 3 is 2.85 bits per heavy atom. The van der Waals surface area contributed by atoms with Crippen LogP contribution in [0.1, 0.15) is 12.7 Å². The zero-order valence-corrected chi connectivity index (χ0v) is 10.4. The monoisotopic (exact) mass is 278 g/mol. The van der Waals surface area contributed by atoms with Crippen LogP contribution in [0.3, 0.4) is 0 Å². The van der Waals surface area contributed by atoms with E-state index < -0.39 is 16.9 Å². The molecule has 1 fully saturated rings. The number of carbonyl (C=O) groups excluding carboxylic acids is 2. The summed E-state index contributed by atoms with van der Waals surface area (Å²) >= 11 is 0. The molecular weight excluding hydrogens is 268 g/mol. The van der Waals surface area contributed by atoms with Gasteiger partial charge in [-0.15, -0.1) is 0 Å². The molecule has 1 aliphatic rings. The first kappa shape index (κ1) is 13.5. The Balaban J connectivity index is 2.04. The maximum Gasteiger partial charge on any atom is 0.433 e. The van der Waals surface area contributed by atoms with E-state index in [1.165, 1.54) is 24.3 Å². The number of nitrogens with one attached hydrogen (secondary N) is 1. The van der Waals surface area contributed by atoms with Crippen LogP contribution in [0.4, 0.5) is 10.7 Å². The van der Waals surface area contributed by atoms with Crippen LogP contribution in [0, 0.1) is 10.1 Å². The molecule has 0 bridgehead atoms. The maximum atomic E-state index is 11.2. The molecule has 3 amide bonds. The summed E-state index contributed by atoms with van der Waals surface area (Å²) in [6.45, 7) is 1.49. The second kappa shape index (κ2) is 5.34. The Hall–Kier alpha value is -2.97. The number of rotatable bonds is 4. The summed E-state index contributed by atoms with van der Waals surface area (Å²) < 4.78 is 4.92. The van der Waals surface area contributed by atoms with E-state index in [0.29, 0.717) is 5.71 Å². The molecule has 1 N–H and O–H groups in total. The highest BCUT2D eigenvalue weighted by molar-refractivity contribution is 6.03. The predicted molar refractivity (Wildman–Crippen MR) is 67.8 cm³/mol. The standard InChI is InChI=1S/C11H10N4O5/c1-7(13-14-6-9(16)12-11(14)17)2-3-8-4-5-10(20-8)15(18)19/h2-5H,6H2,1H3,(H,12,16,17)/b3-2+,13-7+. The van der Waals surface area contributed by atoms with Gasteiger partial charge < -0.3 is 4.42 Å². The largest absolute Gasteiger partial charge is 0.433 e. The fourth-order valence-electron chi connectivity index (χ4n) is 1.47. The molecule has 1 aliphatic heterocycles. The lowest BCUT2D eigenvalue weighted by molar-refractivity contribution is -0.402. The van der Waals surface area contributed by atoms with Crippen molar-refractivity contribution in [2.45, 2.75) is 6.92 Å². The first-order valence-electron chi connectivity index (χ1n) is 5.54.